The van der Waals surface area contributed by atoms with Crippen molar-refractivity contribution >= 4 is 44.2 Å². The molecule has 0 saturated heterocycles. The van der Waals surface area contributed by atoms with Crippen LogP contribution < -0.4 is 4.90 Å². The van der Waals surface area contributed by atoms with Crippen LogP contribution in [-0.2, 0) is 6.54 Å². The van der Waals surface area contributed by atoms with Crippen molar-refractivity contribution in [1.82, 2.24) is 10.1 Å². The first kappa shape index (κ1) is 16.8. The highest BCUT2D eigenvalue weighted by Crippen LogP contribution is 2.34. The predicted molar refractivity (Wildman–Crippen MR) is 103 cm³/mol. The van der Waals surface area contributed by atoms with Crippen LogP contribution in [0, 0.1) is 6.92 Å². The maximum Gasteiger partial charge on any atom is 0.298 e. The van der Waals surface area contributed by atoms with Gasteiger partial charge in [-0.15, -0.1) is 0 Å². The largest absolute Gasteiger partial charge is 0.351 e. The molecule has 0 aliphatic rings. The fourth-order valence-electron chi connectivity index (χ4n) is 2.66. The average molecular weight is 384 g/mol. The van der Waals surface area contributed by atoms with Gasteiger partial charge >= 0.3 is 0 Å². The van der Waals surface area contributed by atoms with Crippen LogP contribution in [0.5, 0.6) is 0 Å². The number of aromatic nitrogens is 2. The van der Waals surface area contributed by atoms with E-state index in [1.807, 2.05) is 49.4 Å². The molecule has 0 aliphatic heterocycles. The summed E-state index contributed by atoms with van der Waals surface area (Å²) in [5, 5.41) is 4.89. The number of hydrogen-bond donors (Lipinski definition) is 0. The highest BCUT2D eigenvalue weighted by Gasteiger charge is 2.24. The van der Waals surface area contributed by atoms with E-state index in [0.717, 1.165) is 21.3 Å². The molecule has 2 heterocycles. The molecule has 0 aliphatic carbocycles. The van der Waals surface area contributed by atoms with Gasteiger partial charge in [-0.05, 0) is 30.2 Å². The fraction of sp³-hybridized carbons (Fsp3) is 0.105. The summed E-state index contributed by atoms with van der Waals surface area (Å²) in [5.41, 5.74) is 2.70. The highest BCUT2D eigenvalue weighted by molar-refractivity contribution is 7.22. The lowest BCUT2D eigenvalue weighted by Crippen LogP contribution is -2.30. The number of fused-ring (bicyclic) bond motifs is 1. The van der Waals surface area contributed by atoms with Gasteiger partial charge in [0.25, 0.3) is 5.91 Å². The number of rotatable bonds is 4. The molecule has 0 unspecified atom stereocenters. The number of amides is 1. The smallest absolute Gasteiger partial charge is 0.298 e. The topological polar surface area (TPSA) is 59.2 Å². The SMILES string of the molecule is Cc1c(Cl)ccc2sc(N(Cc3ccccc3)C(=O)c3ccno3)nc12. The van der Waals surface area contributed by atoms with E-state index in [2.05, 4.69) is 10.1 Å². The molecule has 0 bridgehead atoms. The van der Waals surface area contributed by atoms with Gasteiger partial charge in [-0.25, -0.2) is 4.98 Å². The number of carbonyl (C=O) groups excluding carboxylic acids is 1. The van der Waals surface area contributed by atoms with Crippen molar-refractivity contribution in [3.63, 3.8) is 0 Å². The average Bonchev–Trinajstić information content (AvgIpc) is 3.33. The number of anilines is 1. The Labute approximate surface area is 158 Å². The third-order valence-corrected chi connectivity index (χ3v) is 5.50. The Morgan fingerprint density at radius 1 is 1.19 bits per heavy atom. The first-order valence-electron chi connectivity index (χ1n) is 7.95. The first-order chi connectivity index (χ1) is 12.6. The summed E-state index contributed by atoms with van der Waals surface area (Å²) in [5.74, 6) is -0.107. The van der Waals surface area contributed by atoms with Crippen molar-refractivity contribution in [3.8, 4) is 0 Å². The molecule has 0 atom stereocenters. The minimum Gasteiger partial charge on any atom is -0.351 e. The van der Waals surface area contributed by atoms with E-state index in [0.29, 0.717) is 16.7 Å². The van der Waals surface area contributed by atoms with Crippen molar-refractivity contribution in [2.45, 2.75) is 13.5 Å². The van der Waals surface area contributed by atoms with E-state index >= 15 is 0 Å². The van der Waals surface area contributed by atoms with Crippen molar-refractivity contribution in [2.24, 2.45) is 0 Å². The summed E-state index contributed by atoms with van der Waals surface area (Å²) >= 11 is 7.66. The number of nitrogens with zero attached hydrogens (tertiary/aromatic N) is 3. The predicted octanol–water partition coefficient (Wildman–Crippen LogP) is 5.09. The normalized spacial score (nSPS) is 11.0. The monoisotopic (exact) mass is 383 g/mol. The van der Waals surface area contributed by atoms with Gasteiger partial charge in [0.2, 0.25) is 5.76 Å². The van der Waals surface area contributed by atoms with E-state index in [1.54, 1.807) is 11.0 Å². The van der Waals surface area contributed by atoms with E-state index in [9.17, 15) is 4.79 Å². The van der Waals surface area contributed by atoms with Crippen molar-refractivity contribution < 1.29 is 9.32 Å². The van der Waals surface area contributed by atoms with Crippen LogP contribution in [0.1, 0.15) is 21.7 Å². The zero-order valence-corrected chi connectivity index (χ0v) is 15.4. The minimum absolute atomic E-state index is 0.176. The number of halogens is 1. The third-order valence-electron chi connectivity index (χ3n) is 4.04. The molecule has 2 aromatic carbocycles. The molecule has 130 valence electrons. The number of aryl methyl sites for hydroxylation is 1. The molecular weight excluding hydrogens is 370 g/mol. The van der Waals surface area contributed by atoms with Crippen LogP contribution in [0.15, 0.2) is 59.3 Å². The van der Waals surface area contributed by atoms with Crippen LogP contribution in [0.4, 0.5) is 5.13 Å². The summed E-state index contributed by atoms with van der Waals surface area (Å²) in [6, 6.07) is 15.1. The Hall–Kier alpha value is -2.70. The molecule has 4 aromatic rings. The van der Waals surface area contributed by atoms with Crippen LogP contribution in [-0.4, -0.2) is 16.0 Å². The maximum absolute atomic E-state index is 13.0. The van der Waals surface area contributed by atoms with E-state index in [4.69, 9.17) is 16.1 Å². The van der Waals surface area contributed by atoms with Crippen LogP contribution in [0.2, 0.25) is 5.02 Å². The van der Waals surface area contributed by atoms with Gasteiger partial charge in [0.05, 0.1) is 23.0 Å². The Kier molecular flexibility index (Phi) is 4.44. The number of hydrogen-bond acceptors (Lipinski definition) is 5. The number of benzene rings is 2. The maximum atomic E-state index is 13.0. The quantitative estimate of drug-likeness (QED) is 0.492. The summed E-state index contributed by atoms with van der Waals surface area (Å²) in [6.07, 6.45) is 1.45. The molecule has 0 radical (unpaired) electrons. The molecule has 0 spiro atoms. The second-order valence-corrected chi connectivity index (χ2v) is 7.19. The minimum atomic E-state index is -0.283. The molecule has 4 rings (SSSR count). The van der Waals surface area contributed by atoms with Crippen molar-refractivity contribution in [1.29, 1.82) is 0 Å². The van der Waals surface area contributed by atoms with Gasteiger partial charge in [-0.1, -0.05) is 58.4 Å². The zero-order chi connectivity index (χ0) is 18.1. The molecule has 0 N–H and O–H groups in total. The summed E-state index contributed by atoms with van der Waals surface area (Å²) in [6.45, 7) is 2.31. The summed E-state index contributed by atoms with van der Waals surface area (Å²) < 4.78 is 6.04. The number of carbonyl (C=O) groups is 1. The van der Waals surface area contributed by atoms with E-state index in [1.165, 1.54) is 17.5 Å². The van der Waals surface area contributed by atoms with E-state index < -0.39 is 0 Å². The van der Waals surface area contributed by atoms with Gasteiger partial charge < -0.3 is 4.52 Å². The lowest BCUT2D eigenvalue weighted by atomic mass is 10.2. The lowest BCUT2D eigenvalue weighted by molar-refractivity contribution is 0.0949. The molecule has 0 fully saturated rings. The van der Waals surface area contributed by atoms with Crippen LogP contribution >= 0.6 is 22.9 Å². The Morgan fingerprint density at radius 2 is 2.00 bits per heavy atom. The van der Waals surface area contributed by atoms with Crippen molar-refractivity contribution in [2.75, 3.05) is 4.90 Å². The Bertz CT molecular complexity index is 1060. The molecule has 2 aromatic heterocycles. The zero-order valence-electron chi connectivity index (χ0n) is 13.8. The van der Waals surface area contributed by atoms with Crippen LogP contribution in [0.25, 0.3) is 10.2 Å². The standard InChI is InChI=1S/C19H14ClN3O2S/c1-12-14(20)7-8-16-17(12)22-19(26-16)23(11-13-5-3-2-4-6-13)18(24)15-9-10-21-25-15/h2-10H,11H2,1H3. The van der Waals surface area contributed by atoms with Gasteiger partial charge in [-0.3, -0.25) is 9.69 Å². The first-order valence-corrected chi connectivity index (χ1v) is 9.15. The van der Waals surface area contributed by atoms with Crippen molar-refractivity contribution in [3.05, 3.63) is 76.6 Å². The van der Waals surface area contributed by atoms with Crippen LogP contribution in [0.3, 0.4) is 0 Å². The Balaban J connectivity index is 1.79. The summed E-state index contributed by atoms with van der Waals surface area (Å²) in [4.78, 5) is 19.3. The fourth-order valence-corrected chi connectivity index (χ4v) is 3.83. The summed E-state index contributed by atoms with van der Waals surface area (Å²) in [7, 11) is 0. The molecule has 5 nitrogen and oxygen atoms in total. The third kappa shape index (κ3) is 3.09. The van der Waals surface area contributed by atoms with E-state index in [-0.39, 0.29) is 11.7 Å². The number of thiazole rings is 1. The lowest BCUT2D eigenvalue weighted by Gasteiger charge is -2.18. The Morgan fingerprint density at radius 3 is 2.73 bits per heavy atom. The van der Waals surface area contributed by atoms with Gasteiger partial charge in [0.15, 0.2) is 5.13 Å². The molecule has 7 heteroatoms. The second-order valence-electron chi connectivity index (χ2n) is 5.77. The molecular formula is C19H14ClN3O2S. The molecule has 1 amide bonds. The highest BCUT2D eigenvalue weighted by atomic mass is 35.5. The second kappa shape index (κ2) is 6.90. The van der Waals surface area contributed by atoms with Gasteiger partial charge in [0.1, 0.15) is 0 Å². The van der Waals surface area contributed by atoms with Gasteiger partial charge in [0, 0.05) is 11.1 Å². The molecule has 26 heavy (non-hydrogen) atoms. The van der Waals surface area contributed by atoms with Gasteiger partial charge in [-0.2, -0.15) is 0 Å². The molecule has 0 saturated carbocycles.